The van der Waals surface area contributed by atoms with Crippen molar-refractivity contribution < 1.29 is 14.3 Å². The zero-order valence-corrected chi connectivity index (χ0v) is 11.0. The van der Waals surface area contributed by atoms with Crippen molar-refractivity contribution in [2.75, 3.05) is 13.7 Å². The van der Waals surface area contributed by atoms with Gasteiger partial charge in [0.15, 0.2) is 11.5 Å². The Bertz CT molecular complexity index is 319. The first-order valence-corrected chi connectivity index (χ1v) is 5.62. The maximum Gasteiger partial charge on any atom is 0.240 e. The number of hydrogen-bond donors (Lipinski definition) is 0. The third-order valence-corrected chi connectivity index (χ3v) is 3.22. The molecule has 1 aliphatic rings. The van der Waals surface area contributed by atoms with Crippen LogP contribution in [0.1, 0.15) is 34.6 Å². The smallest absolute Gasteiger partial charge is 0.240 e. The van der Waals surface area contributed by atoms with E-state index in [-0.39, 0.29) is 11.7 Å². The van der Waals surface area contributed by atoms with Crippen LogP contribution in [0.4, 0.5) is 0 Å². The molecule has 2 unspecified atom stereocenters. The number of β-lactam (4-membered cyclic amide) rings is 1. The molecule has 1 amide bonds. The number of rotatable bonds is 3. The third kappa shape index (κ3) is 1.75. The SMILES string of the molecule is CCOC1(C)C(C(=O)C(C)(C)C)C(=O)N1C. The van der Waals surface area contributed by atoms with E-state index in [2.05, 4.69) is 0 Å². The van der Waals surface area contributed by atoms with Gasteiger partial charge in [0.2, 0.25) is 5.91 Å². The molecule has 0 N–H and O–H groups in total. The van der Waals surface area contributed by atoms with E-state index in [1.807, 2.05) is 27.7 Å². The molecule has 0 bridgehead atoms. The number of ketones is 1. The molecular weight excluding hydrogens is 206 g/mol. The minimum Gasteiger partial charge on any atom is -0.355 e. The number of Topliss-reactive ketones (excluding diaryl/α,β-unsaturated/α-hetero) is 1. The summed E-state index contributed by atoms with van der Waals surface area (Å²) in [5.74, 6) is -0.847. The summed E-state index contributed by atoms with van der Waals surface area (Å²) in [5, 5.41) is 0. The Morgan fingerprint density at radius 2 is 2.00 bits per heavy atom. The number of carbonyl (C=O) groups excluding carboxylic acids is 2. The Balaban J connectivity index is 2.96. The van der Waals surface area contributed by atoms with E-state index in [1.54, 1.807) is 14.0 Å². The van der Waals surface area contributed by atoms with E-state index in [9.17, 15) is 9.59 Å². The number of likely N-dealkylation sites (tertiary alicyclic amines) is 1. The lowest BCUT2D eigenvalue weighted by Crippen LogP contribution is -2.72. The topological polar surface area (TPSA) is 46.6 Å². The van der Waals surface area contributed by atoms with Gasteiger partial charge in [-0.15, -0.1) is 0 Å². The van der Waals surface area contributed by atoms with Gasteiger partial charge in [0.05, 0.1) is 0 Å². The van der Waals surface area contributed by atoms with Crippen molar-refractivity contribution in [2.45, 2.75) is 40.3 Å². The summed E-state index contributed by atoms with van der Waals surface area (Å²) in [6, 6.07) is 0. The average Bonchev–Trinajstić information content (AvgIpc) is 2.16. The Morgan fingerprint density at radius 3 is 2.38 bits per heavy atom. The summed E-state index contributed by atoms with van der Waals surface area (Å²) in [4.78, 5) is 25.4. The Kier molecular flexibility index (Phi) is 3.16. The van der Waals surface area contributed by atoms with Crippen molar-refractivity contribution in [3.05, 3.63) is 0 Å². The van der Waals surface area contributed by atoms with Crippen molar-refractivity contribution in [3.8, 4) is 0 Å². The molecule has 1 heterocycles. The largest absolute Gasteiger partial charge is 0.355 e. The molecule has 16 heavy (non-hydrogen) atoms. The summed E-state index contributed by atoms with van der Waals surface area (Å²) in [7, 11) is 1.67. The van der Waals surface area contributed by atoms with Crippen LogP contribution < -0.4 is 0 Å². The van der Waals surface area contributed by atoms with Gasteiger partial charge < -0.3 is 9.64 Å². The highest BCUT2D eigenvalue weighted by molar-refractivity contribution is 6.08. The van der Waals surface area contributed by atoms with Crippen LogP contribution in [0.25, 0.3) is 0 Å². The fourth-order valence-corrected chi connectivity index (χ4v) is 2.03. The van der Waals surface area contributed by atoms with Crippen LogP contribution in [-0.4, -0.2) is 36.0 Å². The third-order valence-electron chi connectivity index (χ3n) is 3.22. The molecule has 0 aromatic carbocycles. The van der Waals surface area contributed by atoms with Gasteiger partial charge in [-0.25, -0.2) is 0 Å². The maximum absolute atomic E-state index is 12.2. The van der Waals surface area contributed by atoms with Crippen molar-refractivity contribution in [3.63, 3.8) is 0 Å². The highest BCUT2D eigenvalue weighted by Crippen LogP contribution is 2.41. The number of amides is 1. The zero-order chi connectivity index (χ0) is 12.7. The molecule has 0 saturated carbocycles. The molecule has 1 aliphatic heterocycles. The van der Waals surface area contributed by atoms with Crippen LogP contribution in [-0.2, 0) is 14.3 Å². The predicted octanol–water partition coefficient (Wildman–Crippen LogP) is 1.44. The van der Waals surface area contributed by atoms with Crippen LogP contribution in [0.3, 0.4) is 0 Å². The first-order valence-electron chi connectivity index (χ1n) is 5.62. The summed E-state index contributed by atoms with van der Waals surface area (Å²) in [5.41, 5.74) is -1.28. The molecule has 0 aliphatic carbocycles. The van der Waals surface area contributed by atoms with E-state index >= 15 is 0 Å². The molecule has 0 aromatic heterocycles. The van der Waals surface area contributed by atoms with Gasteiger partial charge in [0, 0.05) is 19.1 Å². The number of ether oxygens (including phenoxy) is 1. The fraction of sp³-hybridized carbons (Fsp3) is 0.833. The molecule has 92 valence electrons. The van der Waals surface area contributed by atoms with Gasteiger partial charge in [-0.3, -0.25) is 9.59 Å². The Morgan fingerprint density at radius 1 is 1.50 bits per heavy atom. The molecule has 0 aromatic rings. The first-order chi connectivity index (χ1) is 7.16. The quantitative estimate of drug-likeness (QED) is 0.541. The van der Waals surface area contributed by atoms with Crippen LogP contribution in [0.5, 0.6) is 0 Å². The minimum atomic E-state index is -0.768. The highest BCUT2D eigenvalue weighted by Gasteiger charge is 2.61. The molecule has 4 heteroatoms. The molecule has 0 radical (unpaired) electrons. The first kappa shape index (κ1) is 13.2. The lowest BCUT2D eigenvalue weighted by molar-refractivity contribution is -0.229. The van der Waals surface area contributed by atoms with Gasteiger partial charge in [-0.1, -0.05) is 20.8 Å². The summed E-state index contributed by atoms with van der Waals surface area (Å²) in [6.07, 6.45) is 0. The van der Waals surface area contributed by atoms with Gasteiger partial charge in [-0.05, 0) is 13.8 Å². The van der Waals surface area contributed by atoms with Gasteiger partial charge >= 0.3 is 0 Å². The minimum absolute atomic E-state index is 0.0495. The fourth-order valence-electron chi connectivity index (χ4n) is 2.03. The Labute approximate surface area is 96.9 Å². The number of nitrogens with zero attached hydrogens (tertiary/aromatic N) is 1. The second kappa shape index (κ2) is 3.84. The van der Waals surface area contributed by atoms with Crippen molar-refractivity contribution in [2.24, 2.45) is 11.3 Å². The molecule has 0 spiro atoms. The van der Waals surface area contributed by atoms with Gasteiger partial charge in [-0.2, -0.15) is 0 Å². The molecule has 4 nitrogen and oxygen atoms in total. The lowest BCUT2D eigenvalue weighted by Gasteiger charge is -2.53. The van der Waals surface area contributed by atoms with Crippen molar-refractivity contribution >= 4 is 11.7 Å². The normalized spacial score (nSPS) is 30.2. The summed E-state index contributed by atoms with van der Waals surface area (Å²) in [6.45, 7) is 9.63. The second-order valence-corrected chi connectivity index (χ2v) is 5.43. The summed E-state index contributed by atoms with van der Waals surface area (Å²) < 4.78 is 5.56. The number of carbonyl (C=O) groups is 2. The highest BCUT2D eigenvalue weighted by atomic mass is 16.5. The van der Waals surface area contributed by atoms with Crippen LogP contribution in [0.15, 0.2) is 0 Å². The number of hydrogen-bond acceptors (Lipinski definition) is 3. The average molecular weight is 227 g/mol. The van der Waals surface area contributed by atoms with Crippen molar-refractivity contribution in [1.29, 1.82) is 0 Å². The molecule has 1 saturated heterocycles. The van der Waals surface area contributed by atoms with E-state index in [4.69, 9.17) is 4.74 Å². The van der Waals surface area contributed by atoms with Gasteiger partial charge in [0.1, 0.15) is 5.92 Å². The van der Waals surface area contributed by atoms with E-state index in [0.717, 1.165) is 0 Å². The Hall–Kier alpha value is -0.900. The second-order valence-electron chi connectivity index (χ2n) is 5.43. The van der Waals surface area contributed by atoms with E-state index in [0.29, 0.717) is 6.61 Å². The van der Waals surface area contributed by atoms with Crippen LogP contribution in [0, 0.1) is 11.3 Å². The zero-order valence-electron chi connectivity index (χ0n) is 11.0. The van der Waals surface area contributed by atoms with Crippen LogP contribution in [0.2, 0.25) is 0 Å². The molecular formula is C12H21NO3. The van der Waals surface area contributed by atoms with E-state index in [1.165, 1.54) is 4.90 Å². The van der Waals surface area contributed by atoms with Crippen LogP contribution >= 0.6 is 0 Å². The van der Waals surface area contributed by atoms with E-state index < -0.39 is 17.1 Å². The van der Waals surface area contributed by atoms with Gasteiger partial charge in [0.25, 0.3) is 0 Å². The monoisotopic (exact) mass is 227 g/mol. The van der Waals surface area contributed by atoms with Crippen molar-refractivity contribution in [1.82, 2.24) is 4.90 Å². The predicted molar refractivity (Wildman–Crippen MR) is 60.8 cm³/mol. The summed E-state index contributed by atoms with van der Waals surface area (Å²) >= 11 is 0. The lowest BCUT2D eigenvalue weighted by atomic mass is 9.72. The molecule has 2 atom stereocenters. The maximum atomic E-state index is 12.2. The standard InChI is InChI=1S/C12H21NO3/c1-7-16-12(5)8(10(15)13(12)6)9(14)11(2,3)4/h8H,7H2,1-6H3. The molecule has 1 rings (SSSR count). The molecule has 1 fully saturated rings.